The van der Waals surface area contributed by atoms with Crippen molar-refractivity contribution >= 4 is 17.6 Å². The summed E-state index contributed by atoms with van der Waals surface area (Å²) in [5, 5.41) is 12.1. The Morgan fingerprint density at radius 1 is 1.38 bits per heavy atom. The molecular formula is C15H20N2O4. The van der Waals surface area contributed by atoms with Crippen molar-refractivity contribution < 1.29 is 19.4 Å². The second-order valence-electron chi connectivity index (χ2n) is 5.97. The molecule has 1 aromatic carbocycles. The van der Waals surface area contributed by atoms with E-state index < -0.39 is 17.6 Å². The first kappa shape index (κ1) is 15.2. The summed E-state index contributed by atoms with van der Waals surface area (Å²) in [6.45, 7) is 5.39. The lowest BCUT2D eigenvalue weighted by atomic mass is 10.0. The van der Waals surface area contributed by atoms with E-state index in [-0.39, 0.29) is 12.5 Å². The molecule has 0 bridgehead atoms. The first-order chi connectivity index (χ1) is 9.79. The van der Waals surface area contributed by atoms with E-state index in [0.717, 1.165) is 5.69 Å². The Labute approximate surface area is 123 Å². The number of anilines is 1. The highest BCUT2D eigenvalue weighted by molar-refractivity contribution is 5.86. The molecule has 1 amide bonds. The highest BCUT2D eigenvalue weighted by atomic mass is 16.5. The van der Waals surface area contributed by atoms with Crippen LogP contribution < -0.4 is 10.1 Å². The van der Waals surface area contributed by atoms with E-state index in [0.29, 0.717) is 12.3 Å². The van der Waals surface area contributed by atoms with E-state index in [4.69, 9.17) is 9.84 Å². The summed E-state index contributed by atoms with van der Waals surface area (Å²) in [4.78, 5) is 24.9. The zero-order valence-electron chi connectivity index (χ0n) is 12.4. The van der Waals surface area contributed by atoms with Gasteiger partial charge in [0.05, 0.1) is 12.2 Å². The third-order valence-corrected chi connectivity index (χ3v) is 3.28. The van der Waals surface area contributed by atoms with Gasteiger partial charge in [0.2, 0.25) is 0 Å². The number of nitrogens with zero attached hydrogens (tertiary/aromatic N) is 1. The number of carbonyl (C=O) groups is 2. The molecule has 6 heteroatoms. The van der Waals surface area contributed by atoms with Crippen molar-refractivity contribution in [1.82, 2.24) is 4.90 Å². The van der Waals surface area contributed by atoms with Crippen molar-refractivity contribution in [1.29, 1.82) is 0 Å². The fourth-order valence-electron chi connectivity index (χ4n) is 2.21. The van der Waals surface area contributed by atoms with Gasteiger partial charge in [-0.3, -0.25) is 9.59 Å². The monoisotopic (exact) mass is 292 g/mol. The topological polar surface area (TPSA) is 78.9 Å². The van der Waals surface area contributed by atoms with Crippen molar-refractivity contribution in [2.75, 3.05) is 18.4 Å². The van der Waals surface area contributed by atoms with Crippen LogP contribution in [0.15, 0.2) is 24.3 Å². The molecule has 1 aromatic rings. The molecule has 6 nitrogen and oxygen atoms in total. The van der Waals surface area contributed by atoms with Crippen LogP contribution in [0.1, 0.15) is 20.8 Å². The molecule has 0 saturated carbocycles. The number of para-hydroxylation sites is 2. The molecule has 1 heterocycles. The van der Waals surface area contributed by atoms with Crippen molar-refractivity contribution in [3.8, 4) is 5.75 Å². The number of fused-ring (bicyclic) bond motifs is 1. The molecule has 0 saturated heterocycles. The molecule has 1 unspecified atom stereocenters. The molecule has 114 valence electrons. The maximum Gasteiger partial charge on any atom is 0.323 e. The summed E-state index contributed by atoms with van der Waals surface area (Å²) < 4.78 is 5.70. The van der Waals surface area contributed by atoms with Gasteiger partial charge in [-0.15, -0.1) is 0 Å². The van der Waals surface area contributed by atoms with Crippen LogP contribution in [0.25, 0.3) is 0 Å². The van der Waals surface area contributed by atoms with Gasteiger partial charge in [0.1, 0.15) is 12.3 Å². The molecule has 1 aliphatic rings. The SMILES string of the molecule is CC(C)(C)N(CC(=O)O)C(=O)C1CNc2ccccc2O1. The van der Waals surface area contributed by atoms with Crippen molar-refractivity contribution in [2.45, 2.75) is 32.4 Å². The smallest absolute Gasteiger partial charge is 0.323 e. The number of ether oxygens (including phenoxy) is 1. The largest absolute Gasteiger partial charge is 0.480 e. The third kappa shape index (κ3) is 3.45. The summed E-state index contributed by atoms with van der Waals surface area (Å²) in [6.07, 6.45) is -0.724. The fourth-order valence-corrected chi connectivity index (χ4v) is 2.21. The Kier molecular flexibility index (Phi) is 4.06. The summed E-state index contributed by atoms with van der Waals surface area (Å²) in [5.41, 5.74) is 0.248. The quantitative estimate of drug-likeness (QED) is 0.884. The second-order valence-corrected chi connectivity index (χ2v) is 5.97. The molecule has 2 N–H and O–H groups in total. The van der Waals surface area contributed by atoms with E-state index >= 15 is 0 Å². The van der Waals surface area contributed by atoms with Crippen LogP contribution in [0.3, 0.4) is 0 Å². The maximum atomic E-state index is 12.6. The first-order valence-electron chi connectivity index (χ1n) is 6.82. The van der Waals surface area contributed by atoms with Crippen LogP contribution >= 0.6 is 0 Å². The van der Waals surface area contributed by atoms with E-state index in [2.05, 4.69) is 5.32 Å². The van der Waals surface area contributed by atoms with Gasteiger partial charge in [0, 0.05) is 5.54 Å². The van der Waals surface area contributed by atoms with Crippen molar-refractivity contribution in [3.05, 3.63) is 24.3 Å². The number of carboxylic acids is 1. The molecular weight excluding hydrogens is 272 g/mol. The Bertz CT molecular complexity index is 551. The number of rotatable bonds is 3. The first-order valence-corrected chi connectivity index (χ1v) is 6.82. The minimum absolute atomic E-state index is 0.321. The number of carboxylic acid groups (broad SMARTS) is 1. The Balaban J connectivity index is 2.17. The number of nitrogens with one attached hydrogen (secondary N) is 1. The molecule has 2 rings (SSSR count). The van der Waals surface area contributed by atoms with Crippen LogP contribution in [-0.2, 0) is 9.59 Å². The number of hydrogen-bond acceptors (Lipinski definition) is 4. The predicted molar refractivity (Wildman–Crippen MR) is 78.4 cm³/mol. The minimum Gasteiger partial charge on any atom is -0.480 e. The third-order valence-electron chi connectivity index (χ3n) is 3.28. The average Bonchev–Trinajstić information content (AvgIpc) is 2.42. The number of amides is 1. The van der Waals surface area contributed by atoms with E-state index in [9.17, 15) is 9.59 Å². The van der Waals surface area contributed by atoms with Crippen LogP contribution in [0.2, 0.25) is 0 Å². The highest BCUT2D eigenvalue weighted by Crippen LogP contribution is 2.29. The summed E-state index contributed by atoms with van der Waals surface area (Å²) in [6, 6.07) is 7.35. The lowest BCUT2D eigenvalue weighted by Gasteiger charge is -2.38. The maximum absolute atomic E-state index is 12.6. The Morgan fingerprint density at radius 2 is 2.05 bits per heavy atom. The molecule has 0 aromatic heterocycles. The number of hydrogen-bond donors (Lipinski definition) is 2. The van der Waals surface area contributed by atoms with Gasteiger partial charge >= 0.3 is 5.97 Å². The van der Waals surface area contributed by atoms with Gasteiger partial charge in [-0.25, -0.2) is 0 Å². The minimum atomic E-state index is -1.04. The Hall–Kier alpha value is -2.24. The van der Waals surface area contributed by atoms with E-state index in [1.165, 1.54) is 4.90 Å². The van der Waals surface area contributed by atoms with Crippen molar-refractivity contribution in [2.24, 2.45) is 0 Å². The number of benzene rings is 1. The molecule has 0 radical (unpaired) electrons. The van der Waals surface area contributed by atoms with Gasteiger partial charge in [-0.1, -0.05) is 12.1 Å². The van der Waals surface area contributed by atoms with Gasteiger partial charge in [0.25, 0.3) is 5.91 Å². The molecule has 0 aliphatic carbocycles. The van der Waals surface area contributed by atoms with Crippen LogP contribution in [-0.4, -0.2) is 46.6 Å². The molecule has 21 heavy (non-hydrogen) atoms. The van der Waals surface area contributed by atoms with Gasteiger partial charge < -0.3 is 20.1 Å². The van der Waals surface area contributed by atoms with E-state index in [1.807, 2.05) is 18.2 Å². The van der Waals surface area contributed by atoms with Gasteiger partial charge in [0.15, 0.2) is 6.10 Å². The summed E-state index contributed by atoms with van der Waals surface area (Å²) in [5.74, 6) is -0.763. The van der Waals surface area contributed by atoms with Gasteiger partial charge in [-0.2, -0.15) is 0 Å². The van der Waals surface area contributed by atoms with Gasteiger partial charge in [-0.05, 0) is 32.9 Å². The number of carbonyl (C=O) groups excluding carboxylic acids is 1. The predicted octanol–water partition coefficient (Wildman–Crippen LogP) is 1.57. The lowest BCUT2D eigenvalue weighted by molar-refractivity contribution is -0.152. The Morgan fingerprint density at radius 3 is 2.67 bits per heavy atom. The zero-order valence-corrected chi connectivity index (χ0v) is 12.4. The lowest BCUT2D eigenvalue weighted by Crippen LogP contribution is -2.55. The molecule has 0 fully saturated rings. The van der Waals surface area contributed by atoms with E-state index in [1.54, 1.807) is 26.8 Å². The fraction of sp³-hybridized carbons (Fsp3) is 0.467. The second kappa shape index (κ2) is 5.63. The zero-order chi connectivity index (χ0) is 15.6. The summed E-state index contributed by atoms with van der Waals surface area (Å²) >= 11 is 0. The highest BCUT2D eigenvalue weighted by Gasteiger charge is 2.36. The van der Waals surface area contributed by atoms with Crippen molar-refractivity contribution in [3.63, 3.8) is 0 Å². The molecule has 0 spiro atoms. The number of aliphatic carboxylic acids is 1. The molecule has 1 aliphatic heterocycles. The molecule has 1 atom stereocenters. The van der Waals surface area contributed by atoms with Crippen LogP contribution in [0.4, 0.5) is 5.69 Å². The normalized spacial score (nSPS) is 17.2. The van der Waals surface area contributed by atoms with Crippen LogP contribution in [0, 0.1) is 0 Å². The average molecular weight is 292 g/mol. The van der Waals surface area contributed by atoms with Crippen LogP contribution in [0.5, 0.6) is 5.75 Å². The standard InChI is InChI=1S/C15H20N2O4/c1-15(2,3)17(9-13(18)19)14(20)12-8-16-10-6-4-5-7-11(10)21-12/h4-7,12,16H,8-9H2,1-3H3,(H,18,19). The summed E-state index contributed by atoms with van der Waals surface area (Å²) in [7, 11) is 0.